The Morgan fingerprint density at radius 2 is 2.04 bits per heavy atom. The van der Waals surface area contributed by atoms with Crippen molar-refractivity contribution in [2.45, 2.75) is 44.2 Å². The van der Waals surface area contributed by atoms with Gasteiger partial charge in [-0.05, 0) is 63.4 Å². The standard InChI is InChI=1S/C18H26N2O3/c1-18-10-4-12-20(16(18)5-3-11-19-18)17(21)13-23-15-8-6-14(22-2)7-9-15/h6-9,16,19H,3-5,10-13H2,1-2H3/t16-,18+/m1/s1. The van der Waals surface area contributed by atoms with Crippen molar-refractivity contribution in [3.05, 3.63) is 24.3 Å². The van der Waals surface area contributed by atoms with Crippen LogP contribution in [0.4, 0.5) is 0 Å². The zero-order valence-electron chi connectivity index (χ0n) is 14.0. The second kappa shape index (κ2) is 6.79. The van der Waals surface area contributed by atoms with E-state index >= 15 is 0 Å². The van der Waals surface area contributed by atoms with Crippen molar-refractivity contribution in [3.63, 3.8) is 0 Å². The molecule has 5 nitrogen and oxygen atoms in total. The first-order valence-corrected chi connectivity index (χ1v) is 8.44. The van der Waals surface area contributed by atoms with E-state index in [1.807, 2.05) is 29.2 Å². The first-order chi connectivity index (χ1) is 11.1. The third kappa shape index (κ3) is 3.44. The molecule has 0 unspecified atom stereocenters. The van der Waals surface area contributed by atoms with Crippen LogP contribution in [0.25, 0.3) is 0 Å². The minimum atomic E-state index is 0.0618. The van der Waals surface area contributed by atoms with Crippen LogP contribution in [0.5, 0.6) is 11.5 Å². The second-order valence-electron chi connectivity index (χ2n) is 6.66. The molecule has 0 aliphatic carbocycles. The smallest absolute Gasteiger partial charge is 0.260 e. The molecule has 2 fully saturated rings. The third-order valence-electron chi connectivity index (χ3n) is 5.13. The zero-order valence-corrected chi connectivity index (χ0v) is 14.0. The van der Waals surface area contributed by atoms with Crippen molar-refractivity contribution in [2.24, 2.45) is 0 Å². The SMILES string of the molecule is COc1ccc(OCC(=O)N2CCC[C@]3(C)NCCC[C@@H]23)cc1. The van der Waals surface area contributed by atoms with Gasteiger partial charge >= 0.3 is 0 Å². The minimum Gasteiger partial charge on any atom is -0.497 e. The Balaban J connectivity index is 1.60. The van der Waals surface area contributed by atoms with Gasteiger partial charge in [-0.25, -0.2) is 0 Å². The van der Waals surface area contributed by atoms with Crippen LogP contribution in [0.2, 0.25) is 0 Å². The average molecular weight is 318 g/mol. The number of ether oxygens (including phenoxy) is 2. The molecule has 0 saturated carbocycles. The molecule has 2 saturated heterocycles. The van der Waals surface area contributed by atoms with Crippen LogP contribution in [-0.2, 0) is 4.79 Å². The number of likely N-dealkylation sites (tertiary alicyclic amines) is 1. The Bertz CT molecular complexity index is 542. The highest BCUT2D eigenvalue weighted by molar-refractivity contribution is 5.78. The number of nitrogens with zero attached hydrogens (tertiary/aromatic N) is 1. The number of carbonyl (C=O) groups is 1. The van der Waals surface area contributed by atoms with Crippen molar-refractivity contribution >= 4 is 5.91 Å². The summed E-state index contributed by atoms with van der Waals surface area (Å²) in [5.74, 6) is 1.56. The van der Waals surface area contributed by atoms with Crippen LogP contribution in [0.15, 0.2) is 24.3 Å². The molecule has 1 N–H and O–H groups in total. The molecule has 0 spiro atoms. The van der Waals surface area contributed by atoms with E-state index in [2.05, 4.69) is 12.2 Å². The molecule has 23 heavy (non-hydrogen) atoms. The molecule has 0 bridgehead atoms. The Kier molecular flexibility index (Phi) is 4.76. The van der Waals surface area contributed by atoms with Crippen LogP contribution < -0.4 is 14.8 Å². The Morgan fingerprint density at radius 3 is 2.78 bits per heavy atom. The lowest BCUT2D eigenvalue weighted by Crippen LogP contribution is -2.66. The van der Waals surface area contributed by atoms with Crippen molar-refractivity contribution in [3.8, 4) is 11.5 Å². The fraction of sp³-hybridized carbons (Fsp3) is 0.611. The molecule has 3 rings (SSSR count). The van der Waals surface area contributed by atoms with E-state index in [-0.39, 0.29) is 24.1 Å². The normalized spacial score (nSPS) is 27.2. The van der Waals surface area contributed by atoms with E-state index in [9.17, 15) is 4.79 Å². The fourth-order valence-corrected chi connectivity index (χ4v) is 3.83. The van der Waals surface area contributed by atoms with Gasteiger partial charge in [-0.3, -0.25) is 4.79 Å². The predicted octanol–water partition coefficient (Wildman–Crippen LogP) is 2.21. The number of methoxy groups -OCH3 is 1. The molecule has 1 aromatic carbocycles. The van der Waals surface area contributed by atoms with Gasteiger partial charge in [-0.15, -0.1) is 0 Å². The maximum atomic E-state index is 12.6. The summed E-state index contributed by atoms with van der Waals surface area (Å²) in [4.78, 5) is 14.7. The first-order valence-electron chi connectivity index (χ1n) is 8.44. The predicted molar refractivity (Wildman–Crippen MR) is 88.9 cm³/mol. The topological polar surface area (TPSA) is 50.8 Å². The van der Waals surface area contributed by atoms with Crippen molar-refractivity contribution in [1.29, 1.82) is 0 Å². The number of hydrogen-bond donors (Lipinski definition) is 1. The van der Waals surface area contributed by atoms with Gasteiger partial charge in [-0.1, -0.05) is 0 Å². The van der Waals surface area contributed by atoms with Gasteiger partial charge in [0.25, 0.3) is 5.91 Å². The van der Waals surface area contributed by atoms with E-state index in [0.717, 1.165) is 44.5 Å². The summed E-state index contributed by atoms with van der Waals surface area (Å²) >= 11 is 0. The number of fused-ring (bicyclic) bond motifs is 1. The summed E-state index contributed by atoms with van der Waals surface area (Å²) in [5, 5.41) is 3.62. The molecule has 2 heterocycles. The summed E-state index contributed by atoms with van der Waals surface area (Å²) in [6.45, 7) is 4.24. The summed E-state index contributed by atoms with van der Waals surface area (Å²) in [6.07, 6.45) is 4.40. The van der Waals surface area contributed by atoms with Gasteiger partial charge in [0.15, 0.2) is 6.61 Å². The lowest BCUT2D eigenvalue weighted by molar-refractivity contribution is -0.140. The average Bonchev–Trinajstić information content (AvgIpc) is 2.59. The molecule has 5 heteroatoms. The molecule has 0 aromatic heterocycles. The maximum absolute atomic E-state index is 12.6. The molecule has 1 amide bonds. The number of piperidine rings is 2. The van der Waals surface area contributed by atoms with E-state index in [4.69, 9.17) is 9.47 Å². The first kappa shape index (κ1) is 16.1. The van der Waals surface area contributed by atoms with Crippen LogP contribution in [0.3, 0.4) is 0 Å². The van der Waals surface area contributed by atoms with Crippen LogP contribution >= 0.6 is 0 Å². The Hall–Kier alpha value is -1.75. The molecule has 0 radical (unpaired) electrons. The number of nitrogens with one attached hydrogen (secondary N) is 1. The number of carbonyl (C=O) groups excluding carboxylic acids is 1. The largest absolute Gasteiger partial charge is 0.497 e. The molecule has 126 valence electrons. The van der Waals surface area contributed by atoms with E-state index in [1.54, 1.807) is 7.11 Å². The number of benzene rings is 1. The third-order valence-corrected chi connectivity index (χ3v) is 5.13. The van der Waals surface area contributed by atoms with Gasteiger partial charge in [-0.2, -0.15) is 0 Å². The molecule has 2 aliphatic heterocycles. The molecule has 1 aromatic rings. The number of hydrogen-bond acceptors (Lipinski definition) is 4. The van der Waals surface area contributed by atoms with Gasteiger partial charge in [0.05, 0.1) is 7.11 Å². The van der Waals surface area contributed by atoms with Gasteiger partial charge in [0.2, 0.25) is 0 Å². The molecular formula is C18H26N2O3. The van der Waals surface area contributed by atoms with E-state index in [0.29, 0.717) is 5.75 Å². The fourth-order valence-electron chi connectivity index (χ4n) is 3.83. The van der Waals surface area contributed by atoms with E-state index in [1.165, 1.54) is 0 Å². The molecule has 2 aliphatic rings. The van der Waals surface area contributed by atoms with Gasteiger partial charge in [0.1, 0.15) is 11.5 Å². The number of amides is 1. The quantitative estimate of drug-likeness (QED) is 0.925. The minimum absolute atomic E-state index is 0.0618. The molecule has 2 atom stereocenters. The highest BCUT2D eigenvalue weighted by Gasteiger charge is 2.44. The van der Waals surface area contributed by atoms with Crippen LogP contribution in [0, 0.1) is 0 Å². The van der Waals surface area contributed by atoms with E-state index < -0.39 is 0 Å². The summed E-state index contributed by atoms with van der Waals surface area (Å²) in [5.41, 5.74) is 0.0618. The maximum Gasteiger partial charge on any atom is 0.260 e. The number of rotatable bonds is 4. The summed E-state index contributed by atoms with van der Waals surface area (Å²) in [6, 6.07) is 7.62. The lowest BCUT2D eigenvalue weighted by atomic mass is 9.78. The summed E-state index contributed by atoms with van der Waals surface area (Å²) in [7, 11) is 1.63. The second-order valence-corrected chi connectivity index (χ2v) is 6.66. The van der Waals surface area contributed by atoms with Crippen LogP contribution in [0.1, 0.15) is 32.6 Å². The Morgan fingerprint density at radius 1 is 1.30 bits per heavy atom. The van der Waals surface area contributed by atoms with Crippen molar-refractivity contribution < 1.29 is 14.3 Å². The summed E-state index contributed by atoms with van der Waals surface area (Å²) < 4.78 is 10.8. The lowest BCUT2D eigenvalue weighted by Gasteiger charge is -2.51. The zero-order chi connectivity index (χ0) is 16.3. The van der Waals surface area contributed by atoms with Gasteiger partial charge < -0.3 is 19.7 Å². The van der Waals surface area contributed by atoms with Crippen molar-refractivity contribution in [2.75, 3.05) is 26.8 Å². The van der Waals surface area contributed by atoms with Crippen LogP contribution in [-0.4, -0.2) is 49.2 Å². The highest BCUT2D eigenvalue weighted by Crippen LogP contribution is 2.33. The van der Waals surface area contributed by atoms with Gasteiger partial charge in [0, 0.05) is 18.1 Å². The monoisotopic (exact) mass is 318 g/mol. The highest BCUT2D eigenvalue weighted by atomic mass is 16.5. The van der Waals surface area contributed by atoms with Crippen molar-refractivity contribution in [1.82, 2.24) is 10.2 Å². The Labute approximate surface area is 137 Å². The molecular weight excluding hydrogens is 292 g/mol.